The molecule has 0 aromatic rings. The number of rotatable bonds is 7. The summed E-state index contributed by atoms with van der Waals surface area (Å²) in [4.78, 5) is 6.64. The van der Waals surface area contributed by atoms with E-state index in [9.17, 15) is 0 Å². The highest BCUT2D eigenvalue weighted by atomic mass is 127. The molecular formula is C14H31IN4O. The number of halogens is 1. The molecule has 1 aliphatic rings. The second-order valence-electron chi connectivity index (χ2n) is 5.28. The van der Waals surface area contributed by atoms with Crippen molar-refractivity contribution in [2.45, 2.75) is 39.2 Å². The summed E-state index contributed by atoms with van der Waals surface area (Å²) in [6, 6.07) is 0. The average Bonchev–Trinajstić information content (AvgIpc) is 2.85. The first-order chi connectivity index (χ1) is 9.13. The van der Waals surface area contributed by atoms with Gasteiger partial charge in [-0.25, -0.2) is 0 Å². The number of ether oxygens (including phenoxy) is 1. The first kappa shape index (κ1) is 19.9. The van der Waals surface area contributed by atoms with Gasteiger partial charge in [0, 0.05) is 33.3 Å². The second-order valence-corrected chi connectivity index (χ2v) is 5.28. The van der Waals surface area contributed by atoms with Crippen molar-refractivity contribution < 1.29 is 4.74 Å². The highest BCUT2D eigenvalue weighted by Crippen LogP contribution is 2.23. The van der Waals surface area contributed by atoms with Crippen LogP contribution in [0.2, 0.25) is 0 Å². The van der Waals surface area contributed by atoms with Crippen molar-refractivity contribution in [1.82, 2.24) is 15.5 Å². The van der Waals surface area contributed by atoms with Crippen LogP contribution in [0.4, 0.5) is 0 Å². The summed E-state index contributed by atoms with van der Waals surface area (Å²) in [5.74, 6) is 0.865. The molecule has 1 aliphatic heterocycles. The molecule has 0 aromatic heterocycles. The van der Waals surface area contributed by atoms with Crippen molar-refractivity contribution in [3.63, 3.8) is 0 Å². The van der Waals surface area contributed by atoms with Gasteiger partial charge in [0.15, 0.2) is 5.96 Å². The second kappa shape index (κ2) is 10.6. The van der Waals surface area contributed by atoms with Gasteiger partial charge >= 0.3 is 0 Å². The minimum absolute atomic E-state index is 0. The normalized spacial score (nSPS) is 22.8. The number of likely N-dealkylation sites (N-methyl/N-ethyl adjacent to an activating group) is 1. The molecule has 1 saturated heterocycles. The Kier molecular flexibility index (Phi) is 10.6. The van der Waals surface area contributed by atoms with Crippen LogP contribution in [0.15, 0.2) is 4.99 Å². The lowest BCUT2D eigenvalue weighted by atomic mass is 10.0. The van der Waals surface area contributed by atoms with Gasteiger partial charge in [-0.3, -0.25) is 4.99 Å². The molecule has 5 nitrogen and oxygen atoms in total. The lowest BCUT2D eigenvalue weighted by Crippen LogP contribution is -2.47. The Labute approximate surface area is 140 Å². The molecule has 0 saturated carbocycles. The Morgan fingerprint density at radius 2 is 2.00 bits per heavy atom. The van der Waals surface area contributed by atoms with E-state index >= 15 is 0 Å². The average molecular weight is 398 g/mol. The zero-order valence-corrected chi connectivity index (χ0v) is 15.7. The zero-order valence-electron chi connectivity index (χ0n) is 13.4. The van der Waals surface area contributed by atoms with E-state index in [2.05, 4.69) is 41.3 Å². The largest absolute Gasteiger partial charge is 0.373 e. The fraction of sp³-hybridized carbons (Fsp3) is 0.929. The highest BCUT2D eigenvalue weighted by Gasteiger charge is 2.29. The fourth-order valence-corrected chi connectivity index (χ4v) is 2.34. The van der Waals surface area contributed by atoms with Crippen LogP contribution in [-0.4, -0.2) is 62.8 Å². The minimum Gasteiger partial charge on any atom is -0.373 e. The third kappa shape index (κ3) is 7.08. The molecule has 1 heterocycles. The Hall–Kier alpha value is -0.0800. The molecule has 1 fully saturated rings. The molecule has 0 radical (unpaired) electrons. The van der Waals surface area contributed by atoms with E-state index in [0.29, 0.717) is 0 Å². The summed E-state index contributed by atoms with van der Waals surface area (Å²) in [5.41, 5.74) is -0.0313. The molecule has 2 N–H and O–H groups in total. The molecule has 120 valence electrons. The molecule has 6 heteroatoms. The quantitative estimate of drug-likeness (QED) is 0.389. The smallest absolute Gasteiger partial charge is 0.191 e. The van der Waals surface area contributed by atoms with Gasteiger partial charge in [-0.15, -0.1) is 24.0 Å². The van der Waals surface area contributed by atoms with Crippen LogP contribution >= 0.6 is 24.0 Å². The van der Waals surface area contributed by atoms with Gasteiger partial charge < -0.3 is 20.3 Å². The molecule has 20 heavy (non-hydrogen) atoms. The first-order valence-corrected chi connectivity index (χ1v) is 7.44. The predicted molar refractivity (Wildman–Crippen MR) is 96.2 cm³/mol. The molecule has 0 bridgehead atoms. The number of aliphatic imine (C=N–C) groups is 1. The molecule has 1 unspecified atom stereocenters. The monoisotopic (exact) mass is 398 g/mol. The third-order valence-electron chi connectivity index (χ3n) is 3.77. The van der Waals surface area contributed by atoms with E-state index in [4.69, 9.17) is 4.74 Å². The van der Waals surface area contributed by atoms with E-state index < -0.39 is 0 Å². The summed E-state index contributed by atoms with van der Waals surface area (Å²) in [7, 11) is 1.81. The van der Waals surface area contributed by atoms with Crippen molar-refractivity contribution in [2.75, 3.05) is 46.4 Å². The lowest BCUT2D eigenvalue weighted by molar-refractivity contribution is 0.0243. The maximum Gasteiger partial charge on any atom is 0.191 e. The van der Waals surface area contributed by atoms with Gasteiger partial charge in [0.05, 0.1) is 5.60 Å². The summed E-state index contributed by atoms with van der Waals surface area (Å²) in [6.45, 7) is 12.4. The highest BCUT2D eigenvalue weighted by molar-refractivity contribution is 14.0. The number of hydrogen-bond donors (Lipinski definition) is 2. The maximum absolute atomic E-state index is 5.76. The summed E-state index contributed by atoms with van der Waals surface area (Å²) in [6.07, 6.45) is 2.28. The summed E-state index contributed by atoms with van der Waals surface area (Å²) in [5, 5.41) is 6.71. The summed E-state index contributed by atoms with van der Waals surface area (Å²) < 4.78 is 5.76. The van der Waals surface area contributed by atoms with Crippen molar-refractivity contribution in [3.05, 3.63) is 0 Å². The van der Waals surface area contributed by atoms with Crippen LogP contribution in [0.25, 0.3) is 0 Å². The fourth-order valence-electron chi connectivity index (χ4n) is 2.34. The third-order valence-corrected chi connectivity index (χ3v) is 3.77. The van der Waals surface area contributed by atoms with Crippen molar-refractivity contribution in [2.24, 2.45) is 4.99 Å². The van der Waals surface area contributed by atoms with E-state index in [1.807, 2.05) is 7.05 Å². The number of guanidine groups is 1. The Morgan fingerprint density at radius 3 is 2.50 bits per heavy atom. The first-order valence-electron chi connectivity index (χ1n) is 7.44. The van der Waals surface area contributed by atoms with Crippen molar-refractivity contribution >= 4 is 29.9 Å². The molecule has 0 aliphatic carbocycles. The Balaban J connectivity index is 0.00000361. The van der Waals surface area contributed by atoms with Crippen LogP contribution in [-0.2, 0) is 4.74 Å². The van der Waals surface area contributed by atoms with Gasteiger partial charge in [-0.05, 0) is 32.9 Å². The molecular weight excluding hydrogens is 367 g/mol. The van der Waals surface area contributed by atoms with E-state index in [1.54, 1.807) is 0 Å². The van der Waals surface area contributed by atoms with Crippen LogP contribution in [0.1, 0.15) is 33.6 Å². The number of nitrogens with one attached hydrogen (secondary N) is 2. The van der Waals surface area contributed by atoms with Gasteiger partial charge in [0.2, 0.25) is 0 Å². The van der Waals surface area contributed by atoms with E-state index in [-0.39, 0.29) is 29.6 Å². The molecule has 0 spiro atoms. The SMILES string of the molecule is CCN(CC)CCNC(=NC)NCC1(C)CCCO1.I. The standard InChI is InChI=1S/C14H30N4O.HI/c1-5-18(6-2)10-9-16-13(15-4)17-12-14(3)8-7-11-19-14;/h5-12H2,1-4H3,(H2,15,16,17);1H. The van der Waals surface area contributed by atoms with Crippen LogP contribution < -0.4 is 10.6 Å². The Bertz CT molecular complexity index is 276. The van der Waals surface area contributed by atoms with Gasteiger partial charge in [-0.1, -0.05) is 13.8 Å². The van der Waals surface area contributed by atoms with Crippen molar-refractivity contribution in [3.8, 4) is 0 Å². The predicted octanol–water partition coefficient (Wildman–Crippen LogP) is 1.68. The van der Waals surface area contributed by atoms with E-state index in [0.717, 1.165) is 58.1 Å². The van der Waals surface area contributed by atoms with E-state index in [1.165, 1.54) is 0 Å². The minimum atomic E-state index is -0.0313. The number of nitrogens with zero attached hydrogens (tertiary/aromatic N) is 2. The molecule has 1 rings (SSSR count). The van der Waals surface area contributed by atoms with Crippen LogP contribution in [0, 0.1) is 0 Å². The van der Waals surface area contributed by atoms with Gasteiger partial charge in [-0.2, -0.15) is 0 Å². The van der Waals surface area contributed by atoms with Crippen LogP contribution in [0.3, 0.4) is 0 Å². The van der Waals surface area contributed by atoms with Gasteiger partial charge in [0.25, 0.3) is 0 Å². The zero-order chi connectivity index (χ0) is 14.1. The lowest BCUT2D eigenvalue weighted by Gasteiger charge is -2.25. The molecule has 0 amide bonds. The molecule has 0 aromatic carbocycles. The molecule has 1 atom stereocenters. The van der Waals surface area contributed by atoms with Crippen LogP contribution in [0.5, 0.6) is 0 Å². The maximum atomic E-state index is 5.76. The van der Waals surface area contributed by atoms with Crippen molar-refractivity contribution in [1.29, 1.82) is 0 Å². The summed E-state index contributed by atoms with van der Waals surface area (Å²) >= 11 is 0. The number of hydrogen-bond acceptors (Lipinski definition) is 3. The topological polar surface area (TPSA) is 48.9 Å². The Morgan fingerprint density at radius 1 is 1.30 bits per heavy atom. The van der Waals surface area contributed by atoms with Gasteiger partial charge in [0.1, 0.15) is 0 Å².